The van der Waals surface area contributed by atoms with E-state index in [1.807, 2.05) is 0 Å². The molecule has 2 aromatic rings. The quantitative estimate of drug-likeness (QED) is 0.506. The fraction of sp³-hybridized carbons (Fsp3) is 0.150. The summed E-state index contributed by atoms with van der Waals surface area (Å²) >= 11 is 18.1. The SMILES string of the molecule is CCOc1c(Cl)cc(/C=C2\C(=O)NC(=O)N(c3ccc(Cl)c(Cl)c3)C2=O)cc1OC. The van der Waals surface area contributed by atoms with Gasteiger partial charge in [-0.15, -0.1) is 0 Å². The van der Waals surface area contributed by atoms with Crippen LogP contribution in [-0.4, -0.2) is 31.6 Å². The molecule has 0 unspecified atom stereocenters. The Morgan fingerprint density at radius 3 is 2.40 bits per heavy atom. The number of hydrogen-bond acceptors (Lipinski definition) is 5. The minimum absolute atomic E-state index is 0.153. The molecule has 1 heterocycles. The van der Waals surface area contributed by atoms with Crippen LogP contribution in [0.15, 0.2) is 35.9 Å². The first kappa shape index (κ1) is 22.0. The third-order valence-corrected chi connectivity index (χ3v) is 5.13. The van der Waals surface area contributed by atoms with Crippen molar-refractivity contribution >= 4 is 64.4 Å². The highest BCUT2D eigenvalue weighted by Gasteiger charge is 2.37. The Labute approximate surface area is 187 Å². The molecular formula is C20H15Cl3N2O5. The van der Waals surface area contributed by atoms with Gasteiger partial charge in [-0.05, 0) is 48.9 Å². The minimum atomic E-state index is -0.900. The number of rotatable bonds is 5. The van der Waals surface area contributed by atoms with Gasteiger partial charge in [0.15, 0.2) is 11.5 Å². The zero-order valence-corrected chi connectivity index (χ0v) is 18.1. The number of barbiturate groups is 1. The lowest BCUT2D eigenvalue weighted by Gasteiger charge is -2.26. The Kier molecular flexibility index (Phi) is 6.55. The second kappa shape index (κ2) is 8.95. The van der Waals surface area contributed by atoms with Gasteiger partial charge >= 0.3 is 6.03 Å². The summed E-state index contributed by atoms with van der Waals surface area (Å²) in [7, 11) is 1.44. The van der Waals surface area contributed by atoms with Crippen molar-refractivity contribution in [3.8, 4) is 11.5 Å². The lowest BCUT2D eigenvalue weighted by molar-refractivity contribution is -0.122. The summed E-state index contributed by atoms with van der Waals surface area (Å²) in [6.45, 7) is 2.17. The minimum Gasteiger partial charge on any atom is -0.493 e. The molecule has 0 atom stereocenters. The number of benzene rings is 2. The molecule has 10 heteroatoms. The number of nitrogens with one attached hydrogen (secondary N) is 1. The van der Waals surface area contributed by atoms with Crippen LogP contribution in [0.5, 0.6) is 11.5 Å². The predicted molar refractivity (Wildman–Crippen MR) is 115 cm³/mol. The van der Waals surface area contributed by atoms with Crippen molar-refractivity contribution in [2.45, 2.75) is 6.92 Å². The van der Waals surface area contributed by atoms with E-state index in [1.54, 1.807) is 13.0 Å². The first-order valence-corrected chi connectivity index (χ1v) is 9.77. The Morgan fingerprint density at radius 2 is 1.77 bits per heavy atom. The maximum absolute atomic E-state index is 13.0. The summed E-state index contributed by atoms with van der Waals surface area (Å²) in [6, 6.07) is 6.41. The van der Waals surface area contributed by atoms with Gasteiger partial charge in [-0.3, -0.25) is 14.9 Å². The van der Waals surface area contributed by atoms with E-state index in [0.717, 1.165) is 4.90 Å². The van der Waals surface area contributed by atoms with E-state index in [2.05, 4.69) is 5.32 Å². The summed E-state index contributed by atoms with van der Waals surface area (Å²) in [5.41, 5.74) is 0.290. The second-order valence-corrected chi connectivity index (χ2v) is 7.24. The summed E-state index contributed by atoms with van der Waals surface area (Å²) in [6.07, 6.45) is 1.30. The molecule has 7 nitrogen and oxygen atoms in total. The molecule has 3 rings (SSSR count). The summed E-state index contributed by atoms with van der Waals surface area (Å²) in [5, 5.41) is 2.78. The molecule has 1 aliphatic rings. The number of hydrogen-bond donors (Lipinski definition) is 1. The fourth-order valence-electron chi connectivity index (χ4n) is 2.79. The van der Waals surface area contributed by atoms with Gasteiger partial charge in [0.1, 0.15) is 5.57 Å². The van der Waals surface area contributed by atoms with E-state index in [1.165, 1.54) is 37.5 Å². The molecule has 2 aromatic carbocycles. The molecule has 30 heavy (non-hydrogen) atoms. The van der Waals surface area contributed by atoms with Gasteiger partial charge in [-0.2, -0.15) is 0 Å². The number of ether oxygens (including phenoxy) is 2. The van der Waals surface area contributed by atoms with Gasteiger partial charge in [0.25, 0.3) is 11.8 Å². The highest BCUT2D eigenvalue weighted by molar-refractivity contribution is 6.43. The number of carbonyl (C=O) groups is 3. The molecule has 0 aliphatic carbocycles. The van der Waals surface area contributed by atoms with Crippen LogP contribution >= 0.6 is 34.8 Å². The summed E-state index contributed by atoms with van der Waals surface area (Å²) in [5.74, 6) is -0.996. The second-order valence-electron chi connectivity index (χ2n) is 6.02. The molecule has 1 N–H and O–H groups in total. The molecule has 0 aromatic heterocycles. The van der Waals surface area contributed by atoms with Crippen LogP contribution in [0.2, 0.25) is 15.1 Å². The topological polar surface area (TPSA) is 84.9 Å². The van der Waals surface area contributed by atoms with E-state index < -0.39 is 17.8 Å². The normalized spacial score (nSPS) is 15.4. The Balaban J connectivity index is 2.04. The van der Waals surface area contributed by atoms with E-state index in [-0.39, 0.29) is 26.3 Å². The molecule has 0 spiro atoms. The van der Waals surface area contributed by atoms with Crippen LogP contribution in [-0.2, 0) is 9.59 Å². The zero-order chi connectivity index (χ0) is 22.0. The van der Waals surface area contributed by atoms with Gasteiger partial charge in [-0.1, -0.05) is 34.8 Å². The number of anilines is 1. The number of urea groups is 1. The van der Waals surface area contributed by atoms with Gasteiger partial charge in [0, 0.05) is 0 Å². The monoisotopic (exact) mass is 468 g/mol. The molecule has 156 valence electrons. The molecule has 1 fully saturated rings. The summed E-state index contributed by atoms with van der Waals surface area (Å²) in [4.78, 5) is 38.4. The van der Waals surface area contributed by atoms with Crippen LogP contribution in [0, 0.1) is 0 Å². The highest BCUT2D eigenvalue weighted by Crippen LogP contribution is 2.37. The lowest BCUT2D eigenvalue weighted by atomic mass is 10.1. The van der Waals surface area contributed by atoms with Crippen LogP contribution in [0.4, 0.5) is 10.5 Å². The number of methoxy groups -OCH3 is 1. The van der Waals surface area contributed by atoms with Crippen molar-refractivity contribution in [3.05, 3.63) is 56.5 Å². The first-order chi connectivity index (χ1) is 14.3. The van der Waals surface area contributed by atoms with Crippen LogP contribution < -0.4 is 19.7 Å². The van der Waals surface area contributed by atoms with E-state index in [4.69, 9.17) is 44.3 Å². The zero-order valence-electron chi connectivity index (χ0n) is 15.8. The van der Waals surface area contributed by atoms with Crippen molar-refractivity contribution in [1.82, 2.24) is 5.32 Å². The first-order valence-electron chi connectivity index (χ1n) is 8.63. The predicted octanol–water partition coefficient (Wildman–Crippen LogP) is 4.72. The van der Waals surface area contributed by atoms with Crippen molar-refractivity contribution in [2.24, 2.45) is 0 Å². The Hall–Kier alpha value is -2.74. The van der Waals surface area contributed by atoms with Gasteiger partial charge < -0.3 is 9.47 Å². The molecule has 4 amide bonds. The average Bonchev–Trinajstić information content (AvgIpc) is 2.69. The number of amides is 4. The van der Waals surface area contributed by atoms with Crippen LogP contribution in [0.1, 0.15) is 12.5 Å². The van der Waals surface area contributed by atoms with Gasteiger partial charge in [0.2, 0.25) is 0 Å². The summed E-state index contributed by atoms with van der Waals surface area (Å²) < 4.78 is 10.7. The number of nitrogens with zero attached hydrogens (tertiary/aromatic N) is 1. The molecule has 1 aliphatic heterocycles. The van der Waals surface area contributed by atoms with Crippen molar-refractivity contribution < 1.29 is 23.9 Å². The molecule has 1 saturated heterocycles. The fourth-order valence-corrected chi connectivity index (χ4v) is 3.36. The van der Waals surface area contributed by atoms with Crippen LogP contribution in [0.25, 0.3) is 6.08 Å². The van der Waals surface area contributed by atoms with E-state index in [9.17, 15) is 14.4 Å². The van der Waals surface area contributed by atoms with E-state index >= 15 is 0 Å². The van der Waals surface area contributed by atoms with Gasteiger partial charge in [0.05, 0.1) is 34.5 Å². The van der Waals surface area contributed by atoms with Crippen molar-refractivity contribution in [1.29, 1.82) is 0 Å². The van der Waals surface area contributed by atoms with Crippen molar-refractivity contribution in [2.75, 3.05) is 18.6 Å². The lowest BCUT2D eigenvalue weighted by Crippen LogP contribution is -2.54. The molecule has 0 saturated carbocycles. The molecular weight excluding hydrogens is 455 g/mol. The molecule has 0 radical (unpaired) electrons. The smallest absolute Gasteiger partial charge is 0.335 e. The third kappa shape index (κ3) is 4.23. The maximum Gasteiger partial charge on any atom is 0.335 e. The third-order valence-electron chi connectivity index (χ3n) is 4.11. The van der Waals surface area contributed by atoms with Gasteiger partial charge in [-0.25, -0.2) is 9.69 Å². The number of imide groups is 2. The average molecular weight is 470 g/mol. The highest BCUT2D eigenvalue weighted by atomic mass is 35.5. The Morgan fingerprint density at radius 1 is 1.03 bits per heavy atom. The van der Waals surface area contributed by atoms with Crippen LogP contribution in [0.3, 0.4) is 0 Å². The molecule has 0 bridgehead atoms. The number of carbonyl (C=O) groups excluding carboxylic acids is 3. The Bertz CT molecular complexity index is 1080. The van der Waals surface area contributed by atoms with Crippen molar-refractivity contribution in [3.63, 3.8) is 0 Å². The standard InChI is InChI=1S/C20H15Cl3N2O5/c1-3-30-17-15(23)7-10(8-16(17)29-2)6-12-18(26)24-20(28)25(19(12)27)11-4-5-13(21)14(22)9-11/h4-9H,3H2,1-2H3,(H,24,26,28)/b12-6+. The number of halogens is 3. The van der Waals surface area contributed by atoms with E-state index in [0.29, 0.717) is 23.7 Å². The largest absolute Gasteiger partial charge is 0.493 e. The maximum atomic E-state index is 13.0.